The summed E-state index contributed by atoms with van der Waals surface area (Å²) in [7, 11) is 3.44. The number of benzene rings is 1. The van der Waals surface area contributed by atoms with Crippen molar-refractivity contribution in [1.82, 2.24) is 20.9 Å². The molecule has 1 aliphatic rings. The van der Waals surface area contributed by atoms with Crippen molar-refractivity contribution in [3.63, 3.8) is 0 Å². The Morgan fingerprint density at radius 2 is 1.81 bits per heavy atom. The van der Waals surface area contributed by atoms with E-state index in [1.54, 1.807) is 14.1 Å². The van der Waals surface area contributed by atoms with Gasteiger partial charge in [-0.05, 0) is 24.3 Å². The van der Waals surface area contributed by atoms with Crippen LogP contribution in [0.25, 0.3) is 0 Å². The van der Waals surface area contributed by atoms with Crippen LogP contribution >= 0.6 is 0 Å². The third-order valence-corrected chi connectivity index (χ3v) is 4.85. The molecule has 0 aromatic heterocycles. The summed E-state index contributed by atoms with van der Waals surface area (Å²) >= 11 is 0. The Kier molecular flexibility index (Phi) is 8.61. The van der Waals surface area contributed by atoms with E-state index in [4.69, 9.17) is 0 Å². The van der Waals surface area contributed by atoms with Crippen molar-refractivity contribution in [3.8, 4) is 0 Å². The lowest BCUT2D eigenvalue weighted by Crippen LogP contribution is -2.46. The molecule has 1 saturated heterocycles. The highest BCUT2D eigenvalue weighted by molar-refractivity contribution is 5.81. The fourth-order valence-corrected chi connectivity index (χ4v) is 3.22. The van der Waals surface area contributed by atoms with Crippen molar-refractivity contribution < 1.29 is 9.59 Å². The Morgan fingerprint density at radius 3 is 2.44 bits per heavy atom. The zero-order chi connectivity index (χ0) is 19.5. The van der Waals surface area contributed by atoms with Crippen LogP contribution in [0.5, 0.6) is 0 Å². The molecule has 3 N–H and O–H groups in total. The van der Waals surface area contributed by atoms with Gasteiger partial charge in [-0.15, -0.1) is 0 Å². The molecule has 27 heavy (non-hydrogen) atoms. The molecule has 0 atom stereocenters. The first kappa shape index (κ1) is 20.7. The molecule has 0 saturated carbocycles. The molecule has 1 aromatic rings. The quantitative estimate of drug-likeness (QED) is 0.494. The van der Waals surface area contributed by atoms with Gasteiger partial charge in [-0.25, -0.2) is 0 Å². The van der Waals surface area contributed by atoms with E-state index in [-0.39, 0.29) is 11.8 Å². The standard InChI is InChI=1S/C20H31N5O2/c1-21-19(27)14-16-9-12-25(13-10-16)20(22-2)23-11-8-18(26)24-15-17-6-4-3-5-7-17/h3-7,16H,8-15H2,1-2H3,(H,21,27)(H,22,23)(H,24,26). The number of piperidine rings is 1. The number of carbonyl (C=O) groups is 2. The number of guanidine groups is 1. The summed E-state index contributed by atoms with van der Waals surface area (Å²) < 4.78 is 0. The monoisotopic (exact) mass is 373 g/mol. The Bertz CT molecular complexity index is 625. The SMILES string of the molecule is CN=C(NCCC(=O)NCc1ccccc1)N1CCC(CC(=O)NC)CC1. The average molecular weight is 374 g/mol. The summed E-state index contributed by atoms with van der Waals surface area (Å²) in [5.41, 5.74) is 1.09. The maximum Gasteiger partial charge on any atom is 0.222 e. The van der Waals surface area contributed by atoms with E-state index in [0.717, 1.165) is 37.5 Å². The van der Waals surface area contributed by atoms with Crippen molar-refractivity contribution in [2.24, 2.45) is 10.9 Å². The maximum absolute atomic E-state index is 12.0. The summed E-state index contributed by atoms with van der Waals surface area (Å²) in [5, 5.41) is 8.89. The second-order valence-electron chi connectivity index (χ2n) is 6.79. The largest absolute Gasteiger partial charge is 0.359 e. The molecule has 0 radical (unpaired) electrons. The molecule has 1 aliphatic heterocycles. The first-order chi connectivity index (χ1) is 13.1. The van der Waals surface area contributed by atoms with E-state index >= 15 is 0 Å². The lowest BCUT2D eigenvalue weighted by molar-refractivity contribution is -0.122. The molecule has 7 nitrogen and oxygen atoms in total. The number of nitrogens with one attached hydrogen (secondary N) is 3. The Morgan fingerprint density at radius 1 is 1.11 bits per heavy atom. The third-order valence-electron chi connectivity index (χ3n) is 4.85. The smallest absolute Gasteiger partial charge is 0.222 e. The number of amides is 2. The van der Waals surface area contributed by atoms with Crippen LogP contribution in [-0.2, 0) is 16.1 Å². The molecule has 1 fully saturated rings. The first-order valence-electron chi connectivity index (χ1n) is 9.59. The minimum absolute atomic E-state index is 0.0195. The van der Waals surface area contributed by atoms with E-state index in [1.807, 2.05) is 30.3 Å². The minimum Gasteiger partial charge on any atom is -0.359 e. The molecule has 0 aliphatic carbocycles. The number of rotatable bonds is 7. The van der Waals surface area contributed by atoms with Gasteiger partial charge in [0, 0.05) is 53.1 Å². The minimum atomic E-state index is 0.0195. The second kappa shape index (κ2) is 11.2. The van der Waals surface area contributed by atoms with E-state index in [0.29, 0.717) is 31.8 Å². The highest BCUT2D eigenvalue weighted by atomic mass is 16.2. The van der Waals surface area contributed by atoms with Gasteiger partial charge in [0.2, 0.25) is 11.8 Å². The van der Waals surface area contributed by atoms with E-state index in [2.05, 4.69) is 25.8 Å². The van der Waals surface area contributed by atoms with Crippen molar-refractivity contribution >= 4 is 17.8 Å². The van der Waals surface area contributed by atoms with E-state index < -0.39 is 0 Å². The van der Waals surface area contributed by atoms with Gasteiger partial charge in [0.15, 0.2) is 5.96 Å². The van der Waals surface area contributed by atoms with Crippen LogP contribution in [0.3, 0.4) is 0 Å². The van der Waals surface area contributed by atoms with Gasteiger partial charge in [0.1, 0.15) is 0 Å². The molecule has 0 bridgehead atoms. The summed E-state index contributed by atoms with van der Waals surface area (Å²) in [4.78, 5) is 30.0. The zero-order valence-corrected chi connectivity index (χ0v) is 16.3. The fraction of sp³-hybridized carbons (Fsp3) is 0.550. The molecule has 1 heterocycles. The molecule has 148 valence electrons. The third kappa shape index (κ3) is 7.29. The van der Waals surface area contributed by atoms with Crippen LogP contribution in [0.4, 0.5) is 0 Å². The van der Waals surface area contributed by atoms with Crippen LogP contribution in [0.15, 0.2) is 35.3 Å². The Labute approximate surface area is 161 Å². The van der Waals surface area contributed by atoms with Gasteiger partial charge in [0.25, 0.3) is 0 Å². The lowest BCUT2D eigenvalue weighted by atomic mass is 9.93. The highest BCUT2D eigenvalue weighted by Crippen LogP contribution is 2.20. The van der Waals surface area contributed by atoms with E-state index in [9.17, 15) is 9.59 Å². The second-order valence-corrected chi connectivity index (χ2v) is 6.79. The topological polar surface area (TPSA) is 85.8 Å². The molecule has 0 unspecified atom stereocenters. The number of hydrogen-bond acceptors (Lipinski definition) is 3. The molecule has 2 amide bonds. The highest BCUT2D eigenvalue weighted by Gasteiger charge is 2.23. The summed E-state index contributed by atoms with van der Waals surface area (Å²) in [5.74, 6) is 1.39. The predicted octanol–water partition coefficient (Wildman–Crippen LogP) is 1.12. The van der Waals surface area contributed by atoms with Gasteiger partial charge < -0.3 is 20.9 Å². The summed E-state index contributed by atoms with van der Waals surface area (Å²) in [6.07, 6.45) is 2.95. The van der Waals surface area contributed by atoms with Gasteiger partial charge >= 0.3 is 0 Å². The Hall–Kier alpha value is -2.57. The van der Waals surface area contributed by atoms with Gasteiger partial charge in [-0.2, -0.15) is 0 Å². The fourth-order valence-electron chi connectivity index (χ4n) is 3.22. The summed E-state index contributed by atoms with van der Waals surface area (Å²) in [6, 6.07) is 9.88. The van der Waals surface area contributed by atoms with Crippen molar-refractivity contribution in [2.45, 2.75) is 32.2 Å². The lowest BCUT2D eigenvalue weighted by Gasteiger charge is -2.34. The molecule has 0 spiro atoms. The molecular weight excluding hydrogens is 342 g/mol. The first-order valence-corrected chi connectivity index (χ1v) is 9.59. The maximum atomic E-state index is 12.0. The number of hydrogen-bond donors (Lipinski definition) is 3. The molecule has 2 rings (SSSR count). The Balaban J connectivity index is 1.65. The van der Waals surface area contributed by atoms with Gasteiger partial charge in [0.05, 0.1) is 0 Å². The molecule has 1 aromatic carbocycles. The number of aliphatic imine (C=N–C) groups is 1. The van der Waals surface area contributed by atoms with Crippen LogP contribution in [0.2, 0.25) is 0 Å². The van der Waals surface area contributed by atoms with Gasteiger partial charge in [-0.3, -0.25) is 14.6 Å². The average Bonchev–Trinajstić information content (AvgIpc) is 2.71. The molecule has 7 heteroatoms. The van der Waals surface area contributed by atoms with Crippen molar-refractivity contribution in [3.05, 3.63) is 35.9 Å². The molecular formula is C20H31N5O2. The zero-order valence-electron chi connectivity index (χ0n) is 16.3. The van der Waals surface area contributed by atoms with Crippen LogP contribution in [0.1, 0.15) is 31.2 Å². The van der Waals surface area contributed by atoms with Crippen LogP contribution in [-0.4, -0.2) is 56.4 Å². The van der Waals surface area contributed by atoms with Crippen molar-refractivity contribution in [2.75, 3.05) is 33.7 Å². The van der Waals surface area contributed by atoms with Gasteiger partial charge in [-0.1, -0.05) is 30.3 Å². The van der Waals surface area contributed by atoms with E-state index in [1.165, 1.54) is 0 Å². The summed E-state index contributed by atoms with van der Waals surface area (Å²) in [6.45, 7) is 2.85. The number of likely N-dealkylation sites (tertiary alicyclic amines) is 1. The van der Waals surface area contributed by atoms with Crippen molar-refractivity contribution in [1.29, 1.82) is 0 Å². The number of nitrogens with zero attached hydrogens (tertiary/aromatic N) is 2. The predicted molar refractivity (Wildman–Crippen MR) is 107 cm³/mol. The van der Waals surface area contributed by atoms with Crippen LogP contribution < -0.4 is 16.0 Å². The number of carbonyl (C=O) groups excluding carboxylic acids is 2. The van der Waals surface area contributed by atoms with Crippen LogP contribution in [0, 0.1) is 5.92 Å². The normalized spacial score (nSPS) is 15.3.